The van der Waals surface area contributed by atoms with E-state index in [0.29, 0.717) is 5.92 Å². The molecule has 53 valence electrons. The van der Waals surface area contributed by atoms with Gasteiger partial charge in [-0.15, -0.1) is 0 Å². The number of hydrogen-bond acceptors (Lipinski definition) is 2. The smallest absolute Gasteiger partial charge is 0.239 e. The third-order valence-corrected chi connectivity index (χ3v) is 1.33. The summed E-state index contributed by atoms with van der Waals surface area (Å²) in [5.74, 6) is 0.616. The minimum atomic E-state index is 0.616. The summed E-state index contributed by atoms with van der Waals surface area (Å²) >= 11 is 4.38. The standard InChI is InChI=1S/C7H13OS/c1-3-4-7(2)5-8-6-9/h7H,3-5H2,1-2H3. The Morgan fingerprint density at radius 2 is 2.33 bits per heavy atom. The van der Waals surface area contributed by atoms with Crippen LogP contribution in [0, 0.1) is 5.92 Å². The van der Waals surface area contributed by atoms with Crippen LogP contribution in [0.3, 0.4) is 0 Å². The lowest BCUT2D eigenvalue weighted by atomic mass is 10.1. The minimum Gasteiger partial charge on any atom is -0.480 e. The molecule has 0 saturated heterocycles. The maximum Gasteiger partial charge on any atom is 0.239 e. The Balaban J connectivity index is 3.04. The Bertz CT molecular complexity index is 73.3. The largest absolute Gasteiger partial charge is 0.480 e. The van der Waals surface area contributed by atoms with Crippen molar-refractivity contribution in [3.8, 4) is 0 Å². The third-order valence-electron chi connectivity index (χ3n) is 1.21. The molecule has 0 saturated carbocycles. The Morgan fingerprint density at radius 3 is 2.78 bits per heavy atom. The minimum absolute atomic E-state index is 0.616. The first-order valence-corrected chi connectivity index (χ1v) is 3.71. The first-order chi connectivity index (χ1) is 4.31. The summed E-state index contributed by atoms with van der Waals surface area (Å²) in [5.41, 5.74) is 2.24. The van der Waals surface area contributed by atoms with Gasteiger partial charge in [0.05, 0.1) is 6.61 Å². The van der Waals surface area contributed by atoms with Crippen molar-refractivity contribution in [2.75, 3.05) is 6.61 Å². The molecule has 0 amide bonds. The number of ether oxygens (including phenoxy) is 1. The lowest BCUT2D eigenvalue weighted by molar-refractivity contribution is 0.256. The second-order valence-electron chi connectivity index (χ2n) is 2.29. The molecule has 9 heavy (non-hydrogen) atoms. The van der Waals surface area contributed by atoms with Crippen LogP contribution in [0.5, 0.6) is 0 Å². The lowest BCUT2D eigenvalue weighted by Gasteiger charge is -2.06. The molecule has 1 atom stereocenters. The Hall–Kier alpha value is -0.110. The fourth-order valence-electron chi connectivity index (χ4n) is 0.752. The summed E-state index contributed by atoms with van der Waals surface area (Å²) in [4.78, 5) is 0. The summed E-state index contributed by atoms with van der Waals surface area (Å²) in [5, 5.41) is 0. The molecule has 2 heteroatoms. The highest BCUT2D eigenvalue weighted by molar-refractivity contribution is 7.78. The molecule has 1 nitrogen and oxygen atoms in total. The van der Waals surface area contributed by atoms with Gasteiger partial charge in [0.2, 0.25) is 5.55 Å². The molecule has 0 rings (SSSR count). The van der Waals surface area contributed by atoms with Crippen molar-refractivity contribution >= 4 is 17.8 Å². The molecular weight excluding hydrogens is 132 g/mol. The van der Waals surface area contributed by atoms with Gasteiger partial charge in [-0.05, 0) is 24.6 Å². The zero-order valence-corrected chi connectivity index (χ0v) is 6.83. The fraction of sp³-hybridized carbons (Fsp3) is 0.857. The van der Waals surface area contributed by atoms with Gasteiger partial charge >= 0.3 is 0 Å². The molecule has 1 unspecified atom stereocenters. The van der Waals surface area contributed by atoms with Crippen molar-refractivity contribution < 1.29 is 4.74 Å². The predicted octanol–water partition coefficient (Wildman–Crippen LogP) is 2.27. The van der Waals surface area contributed by atoms with Gasteiger partial charge < -0.3 is 4.74 Å². The number of thiocarbonyl (C=S) groups is 1. The van der Waals surface area contributed by atoms with Crippen molar-refractivity contribution in [3.63, 3.8) is 0 Å². The highest BCUT2D eigenvalue weighted by atomic mass is 32.1. The van der Waals surface area contributed by atoms with Crippen LogP contribution < -0.4 is 0 Å². The van der Waals surface area contributed by atoms with E-state index in [-0.39, 0.29) is 0 Å². The summed E-state index contributed by atoms with van der Waals surface area (Å²) in [6.07, 6.45) is 2.42. The van der Waals surface area contributed by atoms with Gasteiger partial charge in [-0.25, -0.2) is 0 Å². The van der Waals surface area contributed by atoms with E-state index in [1.54, 1.807) is 0 Å². The highest BCUT2D eigenvalue weighted by Crippen LogP contribution is 2.03. The fourth-order valence-corrected chi connectivity index (χ4v) is 0.820. The van der Waals surface area contributed by atoms with E-state index >= 15 is 0 Å². The average molecular weight is 145 g/mol. The Labute approximate surface area is 62.4 Å². The van der Waals surface area contributed by atoms with E-state index < -0.39 is 0 Å². The van der Waals surface area contributed by atoms with Crippen LogP contribution in [0.1, 0.15) is 26.7 Å². The zero-order chi connectivity index (χ0) is 7.11. The van der Waals surface area contributed by atoms with Crippen LogP contribution in [0.25, 0.3) is 0 Å². The van der Waals surface area contributed by atoms with Gasteiger partial charge in [-0.2, -0.15) is 0 Å². The molecule has 0 aromatic heterocycles. The van der Waals surface area contributed by atoms with Gasteiger partial charge in [-0.1, -0.05) is 20.3 Å². The van der Waals surface area contributed by atoms with E-state index in [1.807, 2.05) is 0 Å². The van der Waals surface area contributed by atoms with Crippen molar-refractivity contribution in [2.24, 2.45) is 5.92 Å². The van der Waals surface area contributed by atoms with Crippen LogP contribution in [0.2, 0.25) is 0 Å². The number of rotatable bonds is 5. The molecule has 1 radical (unpaired) electrons. The molecule has 0 aliphatic heterocycles. The van der Waals surface area contributed by atoms with Gasteiger partial charge in [0, 0.05) is 0 Å². The molecule has 0 aromatic carbocycles. The van der Waals surface area contributed by atoms with E-state index in [9.17, 15) is 0 Å². The van der Waals surface area contributed by atoms with Crippen LogP contribution in [-0.2, 0) is 4.74 Å². The second-order valence-corrected chi connectivity index (χ2v) is 2.45. The average Bonchev–Trinajstić information content (AvgIpc) is 1.85. The second kappa shape index (κ2) is 6.02. The topological polar surface area (TPSA) is 9.23 Å². The Morgan fingerprint density at radius 1 is 1.67 bits per heavy atom. The molecule has 0 spiro atoms. The van der Waals surface area contributed by atoms with Gasteiger partial charge in [-0.3, -0.25) is 0 Å². The molecular formula is C7H13OS. The first-order valence-electron chi connectivity index (χ1n) is 3.30. The summed E-state index contributed by atoms with van der Waals surface area (Å²) in [7, 11) is 0. The summed E-state index contributed by atoms with van der Waals surface area (Å²) in [6.45, 7) is 5.03. The predicted molar refractivity (Wildman–Crippen MR) is 42.6 cm³/mol. The summed E-state index contributed by atoms with van der Waals surface area (Å²) < 4.78 is 4.81. The van der Waals surface area contributed by atoms with Crippen LogP contribution in [-0.4, -0.2) is 12.2 Å². The first kappa shape index (κ1) is 8.89. The lowest BCUT2D eigenvalue weighted by Crippen LogP contribution is -2.03. The van der Waals surface area contributed by atoms with Crippen molar-refractivity contribution in [1.82, 2.24) is 0 Å². The maximum absolute atomic E-state index is 4.81. The van der Waals surface area contributed by atoms with Crippen LogP contribution >= 0.6 is 12.2 Å². The van der Waals surface area contributed by atoms with Crippen LogP contribution in [0.4, 0.5) is 0 Å². The molecule has 0 aliphatic carbocycles. The molecule has 0 bridgehead atoms. The zero-order valence-electron chi connectivity index (χ0n) is 6.02. The van der Waals surface area contributed by atoms with E-state index in [0.717, 1.165) is 6.61 Å². The monoisotopic (exact) mass is 145 g/mol. The van der Waals surface area contributed by atoms with Gasteiger partial charge in [0.25, 0.3) is 0 Å². The van der Waals surface area contributed by atoms with E-state index in [1.165, 1.54) is 12.8 Å². The third kappa shape index (κ3) is 5.77. The number of hydrogen-bond donors (Lipinski definition) is 0. The van der Waals surface area contributed by atoms with Crippen molar-refractivity contribution in [1.29, 1.82) is 0 Å². The van der Waals surface area contributed by atoms with Crippen molar-refractivity contribution in [3.05, 3.63) is 0 Å². The van der Waals surface area contributed by atoms with Gasteiger partial charge in [0.1, 0.15) is 0 Å². The van der Waals surface area contributed by atoms with Crippen molar-refractivity contribution in [2.45, 2.75) is 26.7 Å². The molecule has 0 fully saturated rings. The normalized spacial score (nSPS) is 12.7. The van der Waals surface area contributed by atoms with E-state index in [2.05, 4.69) is 31.6 Å². The van der Waals surface area contributed by atoms with E-state index in [4.69, 9.17) is 4.74 Å². The SMILES string of the molecule is CCCC(C)CO[C]=S. The van der Waals surface area contributed by atoms with Gasteiger partial charge in [0.15, 0.2) is 0 Å². The molecule has 0 aromatic rings. The summed E-state index contributed by atoms with van der Waals surface area (Å²) in [6, 6.07) is 0. The maximum atomic E-state index is 4.81. The quantitative estimate of drug-likeness (QED) is 0.549. The Kier molecular flexibility index (Phi) is 5.94. The molecule has 0 aliphatic rings. The molecule has 0 heterocycles. The highest BCUT2D eigenvalue weighted by Gasteiger charge is 1.98. The molecule has 0 N–H and O–H groups in total. The van der Waals surface area contributed by atoms with Crippen LogP contribution in [0.15, 0.2) is 0 Å².